The van der Waals surface area contributed by atoms with E-state index in [9.17, 15) is 4.79 Å². The standard InChI is InChI=1S/C19H19N5O/c25-19(23-10-13-6-7-20-17(13)11-23)14-8-16-18(21-9-14)24(12-22-16)15-4-2-1-3-5-15/h1-5,8-9,12-13,17,20H,6-7,10-11H2/t13-,17+/m0/s1. The van der Waals surface area contributed by atoms with Gasteiger partial charge in [-0.1, -0.05) is 18.2 Å². The molecule has 6 heteroatoms. The third kappa shape index (κ3) is 2.41. The van der Waals surface area contributed by atoms with Crippen molar-refractivity contribution in [1.82, 2.24) is 24.8 Å². The van der Waals surface area contributed by atoms with Gasteiger partial charge in [-0.2, -0.15) is 0 Å². The van der Waals surface area contributed by atoms with Gasteiger partial charge in [0.25, 0.3) is 5.91 Å². The second kappa shape index (κ2) is 5.67. The molecule has 2 atom stereocenters. The van der Waals surface area contributed by atoms with Gasteiger partial charge in [0.15, 0.2) is 5.65 Å². The molecule has 2 fully saturated rings. The van der Waals surface area contributed by atoms with E-state index in [1.807, 2.05) is 45.9 Å². The molecule has 0 radical (unpaired) electrons. The lowest BCUT2D eigenvalue weighted by Crippen LogP contribution is -2.34. The number of amides is 1. The zero-order valence-electron chi connectivity index (χ0n) is 13.8. The van der Waals surface area contributed by atoms with E-state index in [-0.39, 0.29) is 5.91 Å². The van der Waals surface area contributed by atoms with Gasteiger partial charge in [-0.05, 0) is 37.1 Å². The zero-order valence-corrected chi connectivity index (χ0v) is 13.8. The molecule has 2 aliphatic heterocycles. The van der Waals surface area contributed by atoms with Gasteiger partial charge in [-0.25, -0.2) is 9.97 Å². The summed E-state index contributed by atoms with van der Waals surface area (Å²) in [7, 11) is 0. The van der Waals surface area contributed by atoms with E-state index < -0.39 is 0 Å². The summed E-state index contributed by atoms with van der Waals surface area (Å²) in [6, 6.07) is 12.3. The minimum absolute atomic E-state index is 0.0554. The van der Waals surface area contributed by atoms with Crippen molar-refractivity contribution in [3.05, 3.63) is 54.5 Å². The summed E-state index contributed by atoms with van der Waals surface area (Å²) in [5.74, 6) is 0.651. The summed E-state index contributed by atoms with van der Waals surface area (Å²) < 4.78 is 1.94. The predicted molar refractivity (Wildman–Crippen MR) is 94.7 cm³/mol. The number of hydrogen-bond donors (Lipinski definition) is 1. The summed E-state index contributed by atoms with van der Waals surface area (Å²) in [4.78, 5) is 23.7. The molecule has 2 aliphatic rings. The fourth-order valence-corrected chi connectivity index (χ4v) is 3.99. The smallest absolute Gasteiger partial charge is 0.255 e. The number of carbonyl (C=O) groups excluding carboxylic acids is 1. The Hall–Kier alpha value is -2.73. The fourth-order valence-electron chi connectivity index (χ4n) is 3.99. The zero-order chi connectivity index (χ0) is 16.8. The van der Waals surface area contributed by atoms with Crippen LogP contribution in [0.1, 0.15) is 16.8 Å². The Morgan fingerprint density at radius 1 is 1.16 bits per heavy atom. The van der Waals surface area contributed by atoms with E-state index in [0.29, 0.717) is 17.5 Å². The first-order chi connectivity index (χ1) is 12.3. The number of likely N-dealkylation sites (tertiary alicyclic amines) is 1. The molecule has 0 unspecified atom stereocenters. The number of nitrogens with one attached hydrogen (secondary N) is 1. The number of nitrogens with zero attached hydrogens (tertiary/aromatic N) is 4. The Labute approximate surface area is 145 Å². The minimum Gasteiger partial charge on any atom is -0.337 e. The number of imidazole rings is 1. The van der Waals surface area contributed by atoms with E-state index in [1.165, 1.54) is 0 Å². The average Bonchev–Trinajstić information content (AvgIpc) is 3.35. The molecule has 1 amide bonds. The average molecular weight is 333 g/mol. The molecule has 5 rings (SSSR count). The Morgan fingerprint density at radius 2 is 2.04 bits per heavy atom. The number of carbonyl (C=O) groups is 1. The molecule has 6 nitrogen and oxygen atoms in total. The van der Waals surface area contributed by atoms with E-state index in [1.54, 1.807) is 12.5 Å². The van der Waals surface area contributed by atoms with Crippen molar-refractivity contribution < 1.29 is 4.79 Å². The van der Waals surface area contributed by atoms with Crippen molar-refractivity contribution in [1.29, 1.82) is 0 Å². The maximum Gasteiger partial charge on any atom is 0.255 e. The van der Waals surface area contributed by atoms with Crippen LogP contribution >= 0.6 is 0 Å². The summed E-state index contributed by atoms with van der Waals surface area (Å²) in [6.07, 6.45) is 4.59. The van der Waals surface area contributed by atoms with Gasteiger partial charge in [0.1, 0.15) is 11.8 Å². The molecule has 1 N–H and O–H groups in total. The van der Waals surface area contributed by atoms with Crippen molar-refractivity contribution in [2.75, 3.05) is 19.6 Å². The van der Waals surface area contributed by atoms with Crippen molar-refractivity contribution >= 4 is 17.1 Å². The minimum atomic E-state index is 0.0554. The number of fused-ring (bicyclic) bond motifs is 2. The molecule has 3 aromatic rings. The van der Waals surface area contributed by atoms with Gasteiger partial charge in [0, 0.05) is 31.0 Å². The van der Waals surface area contributed by atoms with Crippen LogP contribution in [0.4, 0.5) is 0 Å². The Bertz CT molecular complexity index is 923. The SMILES string of the molecule is O=C(c1cnc2c(c1)ncn2-c1ccccc1)N1C[C@@H]2CCN[C@@H]2C1. The van der Waals surface area contributed by atoms with Crippen LogP contribution in [0.3, 0.4) is 0 Å². The van der Waals surface area contributed by atoms with Gasteiger partial charge < -0.3 is 10.2 Å². The molecule has 25 heavy (non-hydrogen) atoms. The van der Waals surface area contributed by atoms with Crippen molar-refractivity contribution in [3.8, 4) is 5.69 Å². The van der Waals surface area contributed by atoms with Gasteiger partial charge in [-0.3, -0.25) is 9.36 Å². The first-order valence-electron chi connectivity index (χ1n) is 8.71. The van der Waals surface area contributed by atoms with Gasteiger partial charge in [0.2, 0.25) is 0 Å². The molecule has 4 heterocycles. The molecule has 0 spiro atoms. The van der Waals surface area contributed by atoms with Gasteiger partial charge in [0.05, 0.1) is 5.56 Å². The maximum absolute atomic E-state index is 12.8. The molecule has 1 aromatic carbocycles. The predicted octanol–water partition coefficient (Wildman–Crippen LogP) is 1.85. The quantitative estimate of drug-likeness (QED) is 0.777. The largest absolute Gasteiger partial charge is 0.337 e. The topological polar surface area (TPSA) is 63.1 Å². The lowest BCUT2D eigenvalue weighted by atomic mass is 10.1. The molecule has 0 aliphatic carbocycles. The van der Waals surface area contributed by atoms with E-state index in [4.69, 9.17) is 0 Å². The van der Waals surface area contributed by atoms with Crippen molar-refractivity contribution in [2.24, 2.45) is 5.92 Å². The maximum atomic E-state index is 12.8. The molecular formula is C19H19N5O. The van der Waals surface area contributed by atoms with Crippen LogP contribution in [-0.4, -0.2) is 51.0 Å². The number of benzene rings is 1. The highest BCUT2D eigenvalue weighted by molar-refractivity contribution is 5.96. The number of aromatic nitrogens is 3. The summed E-state index contributed by atoms with van der Waals surface area (Å²) >= 11 is 0. The van der Waals surface area contributed by atoms with Crippen molar-refractivity contribution in [2.45, 2.75) is 12.5 Å². The lowest BCUT2D eigenvalue weighted by molar-refractivity contribution is 0.0782. The van der Waals surface area contributed by atoms with Crippen LogP contribution in [0.25, 0.3) is 16.9 Å². The normalized spacial score (nSPS) is 22.5. The summed E-state index contributed by atoms with van der Waals surface area (Å²) in [5, 5.41) is 3.48. The fraction of sp³-hybridized carbons (Fsp3) is 0.316. The third-order valence-electron chi connectivity index (χ3n) is 5.32. The Morgan fingerprint density at radius 3 is 2.88 bits per heavy atom. The van der Waals surface area contributed by atoms with E-state index >= 15 is 0 Å². The summed E-state index contributed by atoms with van der Waals surface area (Å²) in [5.41, 5.74) is 3.13. The lowest BCUT2D eigenvalue weighted by Gasteiger charge is -2.17. The first-order valence-corrected chi connectivity index (χ1v) is 8.71. The second-order valence-corrected chi connectivity index (χ2v) is 6.84. The highest BCUT2D eigenvalue weighted by Gasteiger charge is 2.38. The van der Waals surface area contributed by atoms with E-state index in [2.05, 4.69) is 15.3 Å². The molecule has 0 saturated carbocycles. The number of para-hydroxylation sites is 1. The molecule has 2 aromatic heterocycles. The van der Waals surface area contributed by atoms with Gasteiger partial charge >= 0.3 is 0 Å². The summed E-state index contributed by atoms with van der Waals surface area (Å²) in [6.45, 7) is 2.70. The second-order valence-electron chi connectivity index (χ2n) is 6.84. The van der Waals surface area contributed by atoms with Crippen LogP contribution in [0.5, 0.6) is 0 Å². The highest BCUT2D eigenvalue weighted by Crippen LogP contribution is 2.26. The van der Waals surface area contributed by atoms with Gasteiger partial charge in [-0.15, -0.1) is 0 Å². The van der Waals surface area contributed by atoms with Crippen LogP contribution in [0.15, 0.2) is 48.9 Å². The molecule has 126 valence electrons. The van der Waals surface area contributed by atoms with Crippen LogP contribution in [0, 0.1) is 5.92 Å². The first kappa shape index (κ1) is 14.6. The molecule has 0 bridgehead atoms. The number of pyridine rings is 1. The van der Waals surface area contributed by atoms with Crippen LogP contribution < -0.4 is 5.32 Å². The van der Waals surface area contributed by atoms with Crippen LogP contribution in [-0.2, 0) is 0 Å². The monoisotopic (exact) mass is 333 g/mol. The number of rotatable bonds is 2. The number of hydrogen-bond acceptors (Lipinski definition) is 4. The van der Waals surface area contributed by atoms with Crippen LogP contribution in [0.2, 0.25) is 0 Å². The third-order valence-corrected chi connectivity index (χ3v) is 5.32. The molecular weight excluding hydrogens is 314 g/mol. The van der Waals surface area contributed by atoms with Crippen molar-refractivity contribution in [3.63, 3.8) is 0 Å². The Balaban J connectivity index is 1.44. The molecule has 2 saturated heterocycles. The highest BCUT2D eigenvalue weighted by atomic mass is 16.2. The Kier molecular flexibility index (Phi) is 3.31. The van der Waals surface area contributed by atoms with E-state index in [0.717, 1.165) is 42.9 Å².